The molecule has 0 bridgehead atoms. The normalized spacial score (nSPS) is 17.9. The van der Waals surface area contributed by atoms with Gasteiger partial charge in [-0.15, -0.1) is 0 Å². The van der Waals surface area contributed by atoms with Crippen molar-refractivity contribution in [3.63, 3.8) is 0 Å². The van der Waals surface area contributed by atoms with E-state index in [1.54, 1.807) is 12.4 Å². The zero-order valence-electron chi connectivity index (χ0n) is 18.0. The molecular formula is C22H22F3N7O2. The fraction of sp³-hybridized carbons (Fsp3) is 0.364. The number of hydrogen-bond acceptors (Lipinski definition) is 5. The summed E-state index contributed by atoms with van der Waals surface area (Å²) in [6.07, 6.45) is 4.05. The lowest BCUT2D eigenvalue weighted by atomic mass is 9.88. The number of nitrogens with one attached hydrogen (secondary N) is 2. The number of amides is 3. The predicted molar refractivity (Wildman–Crippen MR) is 117 cm³/mol. The minimum Gasteiger partial charge on any atom is -0.353 e. The first-order chi connectivity index (χ1) is 16.2. The number of carbonyl (C=O) groups excluding carboxylic acids is 2. The largest absolute Gasteiger partial charge is 0.416 e. The number of nitrogens with zero attached hydrogens (tertiary/aromatic N) is 5. The molecule has 3 aromatic rings. The molecule has 9 nitrogen and oxygen atoms in total. The van der Waals surface area contributed by atoms with Crippen molar-refractivity contribution in [3.05, 3.63) is 54.6 Å². The highest BCUT2D eigenvalue weighted by molar-refractivity contribution is 5.94. The van der Waals surface area contributed by atoms with E-state index in [9.17, 15) is 22.8 Å². The maximum Gasteiger partial charge on any atom is 0.416 e. The number of urea groups is 1. The minimum atomic E-state index is -4.44. The van der Waals surface area contributed by atoms with Crippen LogP contribution in [0.5, 0.6) is 0 Å². The quantitative estimate of drug-likeness (QED) is 0.608. The van der Waals surface area contributed by atoms with Crippen molar-refractivity contribution in [2.75, 3.05) is 36.4 Å². The molecule has 2 N–H and O–H groups in total. The molecule has 3 amide bonds. The second kappa shape index (κ2) is 8.19. The number of anilines is 2. The van der Waals surface area contributed by atoms with Crippen molar-refractivity contribution in [3.8, 4) is 0 Å². The van der Waals surface area contributed by atoms with Crippen LogP contribution < -0.4 is 15.5 Å². The zero-order chi connectivity index (χ0) is 23.9. The van der Waals surface area contributed by atoms with Crippen molar-refractivity contribution >= 4 is 29.1 Å². The number of rotatable bonds is 4. The average molecular weight is 473 g/mol. The second-order valence-electron chi connectivity index (χ2n) is 8.59. The van der Waals surface area contributed by atoms with Crippen molar-refractivity contribution in [1.29, 1.82) is 0 Å². The number of fused-ring (bicyclic) bond motifs is 1. The monoisotopic (exact) mass is 473 g/mol. The Morgan fingerprint density at radius 3 is 2.44 bits per heavy atom. The smallest absolute Gasteiger partial charge is 0.353 e. The van der Waals surface area contributed by atoms with Crippen LogP contribution in [0.25, 0.3) is 5.65 Å². The summed E-state index contributed by atoms with van der Waals surface area (Å²) in [5.74, 6) is 0.319. The molecule has 0 aliphatic carbocycles. The van der Waals surface area contributed by atoms with Crippen molar-refractivity contribution in [1.82, 2.24) is 24.6 Å². The van der Waals surface area contributed by atoms with Crippen LogP contribution in [0.4, 0.5) is 29.5 Å². The molecule has 4 heterocycles. The number of aromatic nitrogens is 3. The first-order valence-corrected chi connectivity index (χ1v) is 10.8. The van der Waals surface area contributed by atoms with Crippen LogP contribution in [-0.4, -0.2) is 62.9 Å². The Balaban J connectivity index is 1.18. The summed E-state index contributed by atoms with van der Waals surface area (Å²) >= 11 is 0. The highest BCUT2D eigenvalue weighted by atomic mass is 19.4. The molecule has 2 saturated heterocycles. The topological polar surface area (TPSA) is 94.9 Å². The molecule has 12 heteroatoms. The molecule has 0 saturated carbocycles. The number of piperidine rings is 1. The lowest BCUT2D eigenvalue weighted by molar-refractivity contribution is -0.137. The van der Waals surface area contributed by atoms with E-state index in [0.29, 0.717) is 32.5 Å². The van der Waals surface area contributed by atoms with E-state index in [-0.39, 0.29) is 18.3 Å². The van der Waals surface area contributed by atoms with Crippen LogP contribution in [0.3, 0.4) is 0 Å². The summed E-state index contributed by atoms with van der Waals surface area (Å²) in [7, 11) is 0. The van der Waals surface area contributed by atoms with E-state index in [2.05, 4.69) is 25.5 Å². The Morgan fingerprint density at radius 2 is 1.76 bits per heavy atom. The lowest BCUT2D eigenvalue weighted by Gasteiger charge is -2.39. The lowest BCUT2D eigenvalue weighted by Crippen LogP contribution is -2.52. The van der Waals surface area contributed by atoms with E-state index >= 15 is 0 Å². The fourth-order valence-corrected chi connectivity index (χ4v) is 4.52. The van der Waals surface area contributed by atoms with Crippen LogP contribution in [0.15, 0.2) is 49.1 Å². The van der Waals surface area contributed by atoms with E-state index in [4.69, 9.17) is 0 Å². The Bertz CT molecular complexity index is 1220. The molecule has 0 atom stereocenters. The fourth-order valence-electron chi connectivity index (χ4n) is 4.52. The predicted octanol–water partition coefficient (Wildman–Crippen LogP) is 2.75. The van der Waals surface area contributed by atoms with Gasteiger partial charge in [-0.05, 0) is 37.1 Å². The Morgan fingerprint density at radius 1 is 1.09 bits per heavy atom. The molecule has 2 fully saturated rings. The zero-order valence-corrected chi connectivity index (χ0v) is 18.0. The first-order valence-electron chi connectivity index (χ1n) is 10.8. The number of carbonyl (C=O) groups is 2. The van der Waals surface area contributed by atoms with Crippen LogP contribution in [0, 0.1) is 0 Å². The van der Waals surface area contributed by atoms with Gasteiger partial charge in [0.05, 0.1) is 11.1 Å². The number of hydrogen-bond donors (Lipinski definition) is 2. The highest BCUT2D eigenvalue weighted by Gasteiger charge is 2.45. The van der Waals surface area contributed by atoms with Crippen LogP contribution in [0.1, 0.15) is 18.4 Å². The molecule has 1 aromatic carbocycles. The molecule has 2 aliphatic heterocycles. The average Bonchev–Trinajstić information content (AvgIpc) is 3.39. The standard InChI is InChI=1S/C22H22F3N7O2/c23-22(24,25)15-1-3-16(4-2-15)28-17(33)13-32-14-21(29-20(32)34)5-9-30(10-6-21)18-19-27-8-12-31(19)11-7-26-18/h1-4,7-8,11-12H,5-6,9-10,13-14H2,(H,28,33)(H,29,34). The van der Waals surface area contributed by atoms with Crippen LogP contribution in [-0.2, 0) is 11.0 Å². The molecule has 1 spiro atoms. The Labute approximate surface area is 192 Å². The summed E-state index contributed by atoms with van der Waals surface area (Å²) in [6.45, 7) is 1.53. The van der Waals surface area contributed by atoms with Gasteiger partial charge in [0.2, 0.25) is 5.91 Å². The Kier molecular flexibility index (Phi) is 5.29. The number of halogens is 3. The van der Waals surface area contributed by atoms with Gasteiger partial charge < -0.3 is 24.8 Å². The van der Waals surface area contributed by atoms with Crippen molar-refractivity contribution < 1.29 is 22.8 Å². The van der Waals surface area contributed by atoms with E-state index in [0.717, 1.165) is 23.6 Å². The summed E-state index contributed by atoms with van der Waals surface area (Å²) in [6, 6.07) is 3.86. The van der Waals surface area contributed by atoms with E-state index in [1.165, 1.54) is 17.0 Å². The number of alkyl halides is 3. The van der Waals surface area contributed by atoms with Gasteiger partial charge in [0.1, 0.15) is 6.54 Å². The summed E-state index contributed by atoms with van der Waals surface area (Å²) in [4.78, 5) is 37.4. The molecule has 178 valence electrons. The molecule has 0 radical (unpaired) electrons. The maximum absolute atomic E-state index is 12.7. The third kappa shape index (κ3) is 4.22. The molecule has 2 aromatic heterocycles. The van der Waals surface area contributed by atoms with Crippen molar-refractivity contribution in [2.24, 2.45) is 0 Å². The third-order valence-corrected chi connectivity index (χ3v) is 6.30. The number of benzene rings is 1. The van der Waals surface area contributed by atoms with Gasteiger partial charge in [-0.3, -0.25) is 4.79 Å². The molecular weight excluding hydrogens is 451 g/mol. The van der Waals surface area contributed by atoms with Gasteiger partial charge in [0, 0.05) is 50.1 Å². The van der Waals surface area contributed by atoms with E-state index in [1.807, 2.05) is 16.8 Å². The number of imidazole rings is 1. The SMILES string of the molecule is O=C(CN1CC2(CCN(c3nccn4ccnc34)CC2)NC1=O)Nc1ccc(C(F)(F)F)cc1. The van der Waals surface area contributed by atoms with Crippen LogP contribution >= 0.6 is 0 Å². The third-order valence-electron chi connectivity index (χ3n) is 6.30. The summed E-state index contributed by atoms with van der Waals surface area (Å²) in [5.41, 5.74) is -0.225. The molecule has 5 rings (SSSR count). The molecule has 2 aliphatic rings. The first kappa shape index (κ1) is 22.0. The summed E-state index contributed by atoms with van der Waals surface area (Å²) in [5, 5.41) is 5.58. The Hall–Kier alpha value is -3.83. The maximum atomic E-state index is 12.7. The van der Waals surface area contributed by atoms with Gasteiger partial charge in [0.15, 0.2) is 11.5 Å². The van der Waals surface area contributed by atoms with Gasteiger partial charge in [-0.25, -0.2) is 14.8 Å². The summed E-state index contributed by atoms with van der Waals surface area (Å²) < 4.78 is 40.0. The van der Waals surface area contributed by atoms with Gasteiger partial charge in [-0.2, -0.15) is 13.2 Å². The van der Waals surface area contributed by atoms with Gasteiger partial charge >= 0.3 is 12.2 Å². The van der Waals surface area contributed by atoms with Gasteiger partial charge in [0.25, 0.3) is 0 Å². The molecule has 0 unspecified atom stereocenters. The van der Waals surface area contributed by atoms with Crippen molar-refractivity contribution in [2.45, 2.75) is 24.6 Å². The highest BCUT2D eigenvalue weighted by Crippen LogP contribution is 2.32. The molecule has 34 heavy (non-hydrogen) atoms. The van der Waals surface area contributed by atoms with Crippen LogP contribution in [0.2, 0.25) is 0 Å². The van der Waals surface area contributed by atoms with Gasteiger partial charge in [-0.1, -0.05) is 0 Å². The minimum absolute atomic E-state index is 0.187. The second-order valence-corrected chi connectivity index (χ2v) is 8.59. The van der Waals surface area contributed by atoms with E-state index < -0.39 is 23.2 Å².